The summed E-state index contributed by atoms with van der Waals surface area (Å²) < 4.78 is 4.92. The van der Waals surface area contributed by atoms with Gasteiger partial charge in [0.25, 0.3) is 5.91 Å². The number of rotatable bonds is 3. The first kappa shape index (κ1) is 13.9. The molecule has 1 unspecified atom stereocenters. The molecule has 1 aliphatic heterocycles. The summed E-state index contributed by atoms with van der Waals surface area (Å²) in [6.07, 6.45) is 0.898. The van der Waals surface area contributed by atoms with Crippen LogP contribution in [-0.4, -0.2) is 30.2 Å². The first-order chi connectivity index (χ1) is 10.1. The number of hydrogen-bond acceptors (Lipinski definition) is 4. The molecule has 6 heteroatoms. The molecular weight excluding hydrogens is 290 g/mol. The Bertz CT molecular complexity index is 656. The number of nitrogens with zero attached hydrogens (tertiary/aromatic N) is 2. The van der Waals surface area contributed by atoms with Crippen LogP contribution in [0.1, 0.15) is 22.7 Å². The summed E-state index contributed by atoms with van der Waals surface area (Å²) in [7, 11) is 0. The second kappa shape index (κ2) is 5.77. The third-order valence-electron chi connectivity index (χ3n) is 3.56. The number of halogens is 1. The Kier molecular flexibility index (Phi) is 3.84. The van der Waals surface area contributed by atoms with Crippen molar-refractivity contribution >= 4 is 23.2 Å². The van der Waals surface area contributed by atoms with Crippen LogP contribution in [0.25, 0.3) is 0 Å². The van der Waals surface area contributed by atoms with Crippen LogP contribution < -0.4 is 10.2 Å². The maximum atomic E-state index is 12.0. The van der Waals surface area contributed by atoms with Gasteiger partial charge in [0.05, 0.1) is 0 Å². The van der Waals surface area contributed by atoms with Crippen molar-refractivity contribution in [1.29, 1.82) is 0 Å². The van der Waals surface area contributed by atoms with E-state index in [0.29, 0.717) is 11.5 Å². The Morgan fingerprint density at radius 3 is 3.05 bits per heavy atom. The summed E-state index contributed by atoms with van der Waals surface area (Å²) in [4.78, 5) is 14.3. The highest BCUT2D eigenvalue weighted by Gasteiger charge is 2.25. The number of amides is 1. The van der Waals surface area contributed by atoms with E-state index in [4.69, 9.17) is 16.1 Å². The van der Waals surface area contributed by atoms with E-state index < -0.39 is 0 Å². The number of aryl methyl sites for hydroxylation is 1. The molecule has 1 atom stereocenters. The molecule has 0 bridgehead atoms. The van der Waals surface area contributed by atoms with Crippen LogP contribution >= 0.6 is 11.6 Å². The van der Waals surface area contributed by atoms with Gasteiger partial charge in [-0.05, 0) is 31.5 Å². The Balaban J connectivity index is 1.61. The minimum atomic E-state index is -0.190. The maximum absolute atomic E-state index is 12.0. The minimum Gasteiger partial charge on any atom is -0.369 e. The van der Waals surface area contributed by atoms with Gasteiger partial charge in [0.15, 0.2) is 5.69 Å². The quantitative estimate of drug-likeness (QED) is 0.947. The Morgan fingerprint density at radius 2 is 2.33 bits per heavy atom. The predicted octanol–water partition coefficient (Wildman–Crippen LogP) is 2.65. The lowest BCUT2D eigenvalue weighted by atomic mass is 10.2. The van der Waals surface area contributed by atoms with E-state index in [1.54, 1.807) is 13.0 Å². The van der Waals surface area contributed by atoms with E-state index in [0.717, 1.165) is 30.2 Å². The molecule has 1 aromatic heterocycles. The van der Waals surface area contributed by atoms with E-state index >= 15 is 0 Å². The molecule has 0 spiro atoms. The summed E-state index contributed by atoms with van der Waals surface area (Å²) in [5.74, 6) is 0.442. The topological polar surface area (TPSA) is 58.4 Å². The average Bonchev–Trinajstić information content (AvgIpc) is 3.08. The molecule has 3 rings (SSSR count). The van der Waals surface area contributed by atoms with Crippen molar-refractivity contribution in [3.8, 4) is 0 Å². The van der Waals surface area contributed by atoms with Gasteiger partial charge in [0.1, 0.15) is 5.76 Å². The highest BCUT2D eigenvalue weighted by atomic mass is 35.5. The zero-order valence-corrected chi connectivity index (χ0v) is 12.4. The zero-order valence-electron chi connectivity index (χ0n) is 11.7. The van der Waals surface area contributed by atoms with Gasteiger partial charge in [-0.1, -0.05) is 22.8 Å². The van der Waals surface area contributed by atoms with Gasteiger partial charge >= 0.3 is 0 Å². The summed E-state index contributed by atoms with van der Waals surface area (Å²) in [5, 5.41) is 7.44. The molecule has 1 amide bonds. The molecule has 2 heterocycles. The van der Waals surface area contributed by atoms with Crippen LogP contribution in [0, 0.1) is 6.92 Å². The largest absolute Gasteiger partial charge is 0.369 e. The van der Waals surface area contributed by atoms with Crippen LogP contribution in [0.15, 0.2) is 34.9 Å². The summed E-state index contributed by atoms with van der Waals surface area (Å²) in [6, 6.07) is 9.49. The summed E-state index contributed by atoms with van der Waals surface area (Å²) in [5.41, 5.74) is 1.41. The van der Waals surface area contributed by atoms with Crippen molar-refractivity contribution in [2.75, 3.05) is 18.0 Å². The van der Waals surface area contributed by atoms with Crippen molar-refractivity contribution in [1.82, 2.24) is 10.5 Å². The second-order valence-corrected chi connectivity index (χ2v) is 5.64. The number of anilines is 1. The number of aromatic nitrogens is 1. The molecule has 1 saturated heterocycles. The SMILES string of the molecule is Cc1cc(C(=O)NC2CCN(c3cccc(Cl)c3)C2)no1. The predicted molar refractivity (Wildman–Crippen MR) is 80.8 cm³/mol. The number of nitrogens with one attached hydrogen (secondary N) is 1. The molecule has 5 nitrogen and oxygen atoms in total. The fourth-order valence-corrected chi connectivity index (χ4v) is 2.70. The van der Waals surface area contributed by atoms with Crippen LogP contribution in [0.3, 0.4) is 0 Å². The standard InChI is InChI=1S/C15H16ClN3O2/c1-10-7-14(18-21-10)15(20)17-12-5-6-19(9-12)13-4-2-3-11(16)8-13/h2-4,7-8,12H,5-6,9H2,1H3,(H,17,20). The van der Waals surface area contributed by atoms with Crippen molar-refractivity contribution in [2.24, 2.45) is 0 Å². The first-order valence-electron chi connectivity index (χ1n) is 6.86. The van der Waals surface area contributed by atoms with Crippen molar-refractivity contribution in [3.63, 3.8) is 0 Å². The summed E-state index contributed by atoms with van der Waals surface area (Å²) >= 11 is 6.01. The number of carbonyl (C=O) groups is 1. The van der Waals surface area contributed by atoms with Crippen molar-refractivity contribution in [2.45, 2.75) is 19.4 Å². The van der Waals surface area contributed by atoms with E-state index in [1.807, 2.05) is 24.3 Å². The third kappa shape index (κ3) is 3.19. The molecule has 21 heavy (non-hydrogen) atoms. The zero-order chi connectivity index (χ0) is 14.8. The highest BCUT2D eigenvalue weighted by Crippen LogP contribution is 2.23. The molecule has 1 N–H and O–H groups in total. The fraction of sp³-hybridized carbons (Fsp3) is 0.333. The molecule has 110 valence electrons. The lowest BCUT2D eigenvalue weighted by molar-refractivity contribution is 0.0931. The van der Waals surface area contributed by atoms with Gasteiger partial charge in [0, 0.05) is 35.9 Å². The Hall–Kier alpha value is -2.01. The molecule has 0 radical (unpaired) electrons. The van der Waals surface area contributed by atoms with Crippen molar-refractivity contribution < 1.29 is 9.32 Å². The maximum Gasteiger partial charge on any atom is 0.273 e. The van der Waals surface area contributed by atoms with Gasteiger partial charge in [0.2, 0.25) is 0 Å². The Labute approximate surface area is 127 Å². The van der Waals surface area contributed by atoms with E-state index in [9.17, 15) is 4.79 Å². The van der Waals surface area contributed by atoms with Gasteiger partial charge in [-0.15, -0.1) is 0 Å². The van der Waals surface area contributed by atoms with E-state index in [-0.39, 0.29) is 11.9 Å². The molecule has 0 saturated carbocycles. The summed E-state index contributed by atoms with van der Waals surface area (Å²) in [6.45, 7) is 3.42. The lowest BCUT2D eigenvalue weighted by Crippen LogP contribution is -2.37. The number of hydrogen-bond donors (Lipinski definition) is 1. The van der Waals surface area contributed by atoms with Crippen molar-refractivity contribution in [3.05, 3.63) is 46.8 Å². The van der Waals surface area contributed by atoms with Crippen LogP contribution in [0.4, 0.5) is 5.69 Å². The van der Waals surface area contributed by atoms with Gasteiger partial charge in [-0.3, -0.25) is 4.79 Å². The normalized spacial score (nSPS) is 18.0. The molecule has 0 aliphatic carbocycles. The molecule has 1 aromatic carbocycles. The van der Waals surface area contributed by atoms with E-state index in [1.165, 1.54) is 0 Å². The minimum absolute atomic E-state index is 0.105. The van der Waals surface area contributed by atoms with Crippen LogP contribution in [0.5, 0.6) is 0 Å². The monoisotopic (exact) mass is 305 g/mol. The van der Waals surface area contributed by atoms with Gasteiger partial charge in [-0.2, -0.15) is 0 Å². The lowest BCUT2D eigenvalue weighted by Gasteiger charge is -2.19. The number of carbonyl (C=O) groups excluding carboxylic acids is 1. The van der Waals surface area contributed by atoms with Gasteiger partial charge in [-0.25, -0.2) is 0 Å². The third-order valence-corrected chi connectivity index (χ3v) is 3.79. The van der Waals surface area contributed by atoms with Crippen LogP contribution in [-0.2, 0) is 0 Å². The Morgan fingerprint density at radius 1 is 1.48 bits per heavy atom. The van der Waals surface area contributed by atoms with Crippen LogP contribution in [0.2, 0.25) is 5.02 Å². The first-order valence-corrected chi connectivity index (χ1v) is 7.24. The second-order valence-electron chi connectivity index (χ2n) is 5.21. The average molecular weight is 306 g/mol. The molecule has 1 fully saturated rings. The molecule has 1 aliphatic rings. The molecular formula is C15H16ClN3O2. The fourth-order valence-electron chi connectivity index (χ4n) is 2.52. The van der Waals surface area contributed by atoms with Gasteiger partial charge < -0.3 is 14.7 Å². The molecule has 2 aromatic rings. The smallest absolute Gasteiger partial charge is 0.273 e. The highest BCUT2D eigenvalue weighted by molar-refractivity contribution is 6.30. The van der Waals surface area contributed by atoms with E-state index in [2.05, 4.69) is 15.4 Å². The number of benzene rings is 1.